The second kappa shape index (κ2) is 11.9. The fourth-order valence-corrected chi connectivity index (χ4v) is 6.06. The number of benzene rings is 2. The first-order valence-electron chi connectivity index (χ1n) is 12.0. The van der Waals surface area contributed by atoms with Crippen LogP contribution in [0.25, 0.3) is 21.6 Å². The third kappa shape index (κ3) is 6.94. The van der Waals surface area contributed by atoms with E-state index in [1.807, 2.05) is 54.0 Å². The number of nitrogens with zero attached hydrogens (tertiary/aromatic N) is 4. The number of nitrogens with one attached hydrogen (secondary N) is 2. The maximum atomic E-state index is 13.0. The number of aryl methyl sites for hydroxylation is 1. The van der Waals surface area contributed by atoms with Crippen LogP contribution < -0.4 is 4.72 Å². The average Bonchev–Trinajstić information content (AvgIpc) is 3.54. The predicted octanol–water partition coefficient (Wildman–Crippen LogP) is 4.41. The molecule has 0 amide bonds. The van der Waals surface area contributed by atoms with E-state index in [2.05, 4.69) is 43.6 Å². The summed E-state index contributed by atoms with van der Waals surface area (Å²) in [6, 6.07) is 15.4. The van der Waals surface area contributed by atoms with Crippen molar-refractivity contribution in [2.75, 3.05) is 25.4 Å². The van der Waals surface area contributed by atoms with Gasteiger partial charge in [0.05, 0.1) is 27.5 Å². The molecule has 0 fully saturated rings. The normalized spacial score (nSPS) is 13.0. The Labute approximate surface area is 210 Å². The first kappa shape index (κ1) is 25.4. The number of sulfonamides is 1. The van der Waals surface area contributed by atoms with Crippen molar-refractivity contribution in [3.63, 3.8) is 0 Å². The largest absolute Gasteiger partial charge is 0.304 e. The molecule has 0 saturated heterocycles. The molecule has 186 valence electrons. The van der Waals surface area contributed by atoms with Crippen LogP contribution in [0.3, 0.4) is 0 Å². The van der Waals surface area contributed by atoms with Crippen molar-refractivity contribution < 1.29 is 8.42 Å². The van der Waals surface area contributed by atoms with E-state index in [1.165, 1.54) is 0 Å². The van der Waals surface area contributed by atoms with Gasteiger partial charge in [0.1, 0.15) is 5.82 Å². The lowest BCUT2D eigenvalue weighted by Gasteiger charge is -2.19. The summed E-state index contributed by atoms with van der Waals surface area (Å²) in [4.78, 5) is 11.2. The number of hydrogen-bond donors (Lipinski definition) is 2. The van der Waals surface area contributed by atoms with Gasteiger partial charge in [-0.05, 0) is 62.7 Å². The average molecular weight is 513 g/mol. The van der Waals surface area contributed by atoms with Gasteiger partial charge in [-0.3, -0.25) is 5.10 Å². The summed E-state index contributed by atoms with van der Waals surface area (Å²) in [6.07, 6.45) is 1.87. The lowest BCUT2D eigenvalue weighted by atomic mass is 10.1. The second-order valence-electron chi connectivity index (χ2n) is 8.47. The monoisotopic (exact) mass is 512 g/mol. The van der Waals surface area contributed by atoms with Crippen LogP contribution in [0, 0.1) is 0 Å². The number of thiazole rings is 1. The predicted molar refractivity (Wildman–Crippen MR) is 142 cm³/mol. The molecule has 0 aliphatic carbocycles. The maximum absolute atomic E-state index is 13.0. The van der Waals surface area contributed by atoms with E-state index in [1.54, 1.807) is 11.3 Å². The van der Waals surface area contributed by atoms with Crippen molar-refractivity contribution >= 4 is 31.6 Å². The summed E-state index contributed by atoms with van der Waals surface area (Å²) in [5, 5.41) is 7.39. The molecule has 2 N–H and O–H groups in total. The Bertz CT molecular complexity index is 1320. The molecule has 1 atom stereocenters. The molecule has 0 spiro atoms. The van der Waals surface area contributed by atoms with Crippen LogP contribution in [0.4, 0.5) is 0 Å². The number of aromatic nitrogens is 4. The molecule has 10 heteroatoms. The van der Waals surface area contributed by atoms with Gasteiger partial charge in [0.15, 0.2) is 5.82 Å². The van der Waals surface area contributed by atoms with Gasteiger partial charge in [0.25, 0.3) is 0 Å². The lowest BCUT2D eigenvalue weighted by Crippen LogP contribution is -2.33. The number of hydrogen-bond acceptors (Lipinski definition) is 7. The topological polar surface area (TPSA) is 104 Å². The van der Waals surface area contributed by atoms with Crippen LogP contribution in [0.2, 0.25) is 0 Å². The van der Waals surface area contributed by atoms with Gasteiger partial charge >= 0.3 is 0 Å². The van der Waals surface area contributed by atoms with Crippen molar-refractivity contribution in [1.82, 2.24) is 29.8 Å². The van der Waals surface area contributed by atoms with E-state index in [0.29, 0.717) is 24.5 Å². The molecule has 0 bridgehead atoms. The molecule has 0 aliphatic heterocycles. The Balaban J connectivity index is 1.51. The Morgan fingerprint density at radius 2 is 1.91 bits per heavy atom. The summed E-state index contributed by atoms with van der Waals surface area (Å²) in [5.41, 5.74) is 4.77. The van der Waals surface area contributed by atoms with Crippen LogP contribution in [0.1, 0.15) is 44.1 Å². The molecule has 4 aromatic rings. The van der Waals surface area contributed by atoms with Gasteiger partial charge in [0.2, 0.25) is 10.0 Å². The first-order valence-corrected chi connectivity index (χ1v) is 14.5. The first-order chi connectivity index (χ1) is 17.0. The Hall–Kier alpha value is -2.66. The fourth-order valence-electron chi connectivity index (χ4n) is 4.05. The van der Waals surface area contributed by atoms with Gasteiger partial charge in [-0.15, -0.1) is 11.3 Å². The molecule has 4 rings (SSSR count). The maximum Gasteiger partial charge on any atom is 0.212 e. The highest BCUT2D eigenvalue weighted by molar-refractivity contribution is 7.89. The minimum absolute atomic E-state index is 0.0778. The molecule has 35 heavy (non-hydrogen) atoms. The van der Waals surface area contributed by atoms with Gasteiger partial charge in [-0.25, -0.2) is 23.1 Å². The van der Waals surface area contributed by atoms with Crippen LogP contribution in [-0.2, 0) is 16.4 Å². The number of rotatable bonds is 13. The van der Waals surface area contributed by atoms with Crippen molar-refractivity contribution in [3.05, 3.63) is 65.4 Å². The van der Waals surface area contributed by atoms with Crippen molar-refractivity contribution in [2.24, 2.45) is 0 Å². The highest BCUT2D eigenvalue weighted by atomic mass is 32.2. The lowest BCUT2D eigenvalue weighted by molar-refractivity contribution is 0.304. The standard InChI is InChI=1S/C25H32N6O2S2/c1-3-31(4-2)15-8-16-35(32,33)30-22(13-11-19-9-6-5-7-10-19)25-27-24(28-29-25)20-12-14-21-23(17-20)34-18-26-21/h5-7,9-10,12,14,17-18,22,30H,3-4,8,11,13,15-16H2,1-2H3,(H,27,28,29)/t22-/m1/s1. The van der Waals surface area contributed by atoms with Crippen molar-refractivity contribution in [1.29, 1.82) is 0 Å². The summed E-state index contributed by atoms with van der Waals surface area (Å²) >= 11 is 1.56. The van der Waals surface area contributed by atoms with E-state index in [0.717, 1.165) is 47.4 Å². The Kier molecular flexibility index (Phi) is 8.61. The van der Waals surface area contributed by atoms with Gasteiger partial charge in [-0.1, -0.05) is 44.2 Å². The smallest absolute Gasteiger partial charge is 0.212 e. The third-order valence-electron chi connectivity index (χ3n) is 6.09. The van der Waals surface area contributed by atoms with Crippen molar-refractivity contribution in [2.45, 2.75) is 39.2 Å². The van der Waals surface area contributed by atoms with Crippen LogP contribution >= 0.6 is 11.3 Å². The van der Waals surface area contributed by atoms with E-state index in [-0.39, 0.29) is 5.75 Å². The highest BCUT2D eigenvalue weighted by Gasteiger charge is 2.23. The van der Waals surface area contributed by atoms with E-state index in [4.69, 9.17) is 0 Å². The van der Waals surface area contributed by atoms with Gasteiger partial charge in [-0.2, -0.15) is 5.10 Å². The zero-order valence-corrected chi connectivity index (χ0v) is 21.8. The quantitative estimate of drug-likeness (QED) is 0.275. The van der Waals surface area contributed by atoms with Gasteiger partial charge in [0, 0.05) is 5.56 Å². The summed E-state index contributed by atoms with van der Waals surface area (Å²) < 4.78 is 29.9. The second-order valence-corrected chi connectivity index (χ2v) is 11.2. The Morgan fingerprint density at radius 3 is 2.69 bits per heavy atom. The SMILES string of the molecule is CCN(CC)CCCS(=O)(=O)N[C@H](CCc1ccccc1)c1nc(-c2ccc3ncsc3c2)n[nH]1. The summed E-state index contributed by atoms with van der Waals surface area (Å²) in [5.74, 6) is 1.14. The molecule has 0 radical (unpaired) electrons. The van der Waals surface area contributed by atoms with Crippen LogP contribution in [0.15, 0.2) is 54.0 Å². The summed E-state index contributed by atoms with van der Waals surface area (Å²) in [6.45, 7) is 6.76. The van der Waals surface area contributed by atoms with Crippen LogP contribution in [0.5, 0.6) is 0 Å². The zero-order valence-electron chi connectivity index (χ0n) is 20.1. The molecule has 0 saturated carbocycles. The molecular formula is C25H32N6O2S2. The van der Waals surface area contributed by atoms with E-state index in [9.17, 15) is 8.42 Å². The van der Waals surface area contributed by atoms with E-state index >= 15 is 0 Å². The summed E-state index contributed by atoms with van der Waals surface area (Å²) in [7, 11) is -3.49. The number of aromatic amines is 1. The van der Waals surface area contributed by atoms with Crippen LogP contribution in [-0.4, -0.2) is 58.9 Å². The molecule has 8 nitrogen and oxygen atoms in total. The highest BCUT2D eigenvalue weighted by Crippen LogP contribution is 2.26. The molecule has 2 aromatic heterocycles. The minimum atomic E-state index is -3.49. The molecule has 2 aromatic carbocycles. The zero-order chi connectivity index (χ0) is 24.7. The third-order valence-corrected chi connectivity index (χ3v) is 8.35. The number of H-pyrrole nitrogens is 1. The fraction of sp³-hybridized carbons (Fsp3) is 0.400. The molecular weight excluding hydrogens is 480 g/mol. The number of fused-ring (bicyclic) bond motifs is 1. The van der Waals surface area contributed by atoms with Gasteiger partial charge < -0.3 is 4.90 Å². The molecule has 0 aliphatic rings. The Morgan fingerprint density at radius 1 is 1.11 bits per heavy atom. The molecule has 2 heterocycles. The van der Waals surface area contributed by atoms with E-state index < -0.39 is 16.1 Å². The minimum Gasteiger partial charge on any atom is -0.304 e. The van der Waals surface area contributed by atoms with Crippen molar-refractivity contribution in [3.8, 4) is 11.4 Å². The molecule has 0 unspecified atom stereocenters.